The van der Waals surface area contributed by atoms with Crippen LogP contribution in [0.3, 0.4) is 0 Å². The molecular weight excluding hydrogens is 635 g/mol. The third kappa shape index (κ3) is 10.7. The van der Waals surface area contributed by atoms with Crippen molar-refractivity contribution in [2.75, 3.05) is 33.4 Å². The smallest absolute Gasteiger partial charge is 0.431 e. The van der Waals surface area contributed by atoms with Crippen molar-refractivity contribution in [3.63, 3.8) is 0 Å². The van der Waals surface area contributed by atoms with E-state index in [4.69, 9.17) is 9.47 Å². The minimum absolute atomic E-state index is 0. The van der Waals surface area contributed by atoms with Crippen LogP contribution in [0.25, 0.3) is 0 Å². The maximum atomic E-state index is 14.0. The second-order valence-corrected chi connectivity index (χ2v) is 10.3. The summed E-state index contributed by atoms with van der Waals surface area (Å²) in [6.07, 6.45) is -2.98. The Morgan fingerprint density at radius 3 is 2.39 bits per heavy atom. The Labute approximate surface area is 270 Å². The molecule has 0 bridgehead atoms. The molecule has 0 aromatic heterocycles. The van der Waals surface area contributed by atoms with Gasteiger partial charge in [0.05, 0.1) is 35.7 Å². The number of halogens is 4. The Kier molecular flexibility index (Phi) is 15.0. The number of aliphatic hydroxyl groups is 1. The third-order valence-corrected chi connectivity index (χ3v) is 6.93. The second-order valence-electron chi connectivity index (χ2n) is 10.3. The fraction of sp³-hybridized carbons (Fsp3) is 0.419. The van der Waals surface area contributed by atoms with Crippen molar-refractivity contribution in [2.24, 2.45) is 0 Å². The monoisotopic (exact) mass is 671 g/mol. The molecule has 2 aromatic carbocycles. The fourth-order valence-corrected chi connectivity index (χ4v) is 4.79. The van der Waals surface area contributed by atoms with Crippen molar-refractivity contribution in [3.8, 4) is 5.75 Å². The van der Waals surface area contributed by atoms with Crippen LogP contribution in [-0.4, -0.2) is 67.7 Å². The van der Waals surface area contributed by atoms with Crippen LogP contribution in [0.1, 0.15) is 44.1 Å². The molecule has 2 unspecified atom stereocenters. The van der Waals surface area contributed by atoms with Crippen LogP contribution in [0, 0.1) is 10.1 Å². The number of rotatable bonds is 16. The molecule has 0 spiro atoms. The Balaban J connectivity index is 0.00000736. The molecule has 11 nitrogen and oxygen atoms in total. The number of nitro groups is 1. The van der Waals surface area contributed by atoms with Crippen molar-refractivity contribution in [1.82, 2.24) is 10.6 Å². The SMILES string of the molecule is COC(=O)C1=C(C(F)(F)F)NC(C)=C(C(=O)OCCCCCCNCC(O)COc2ccccc2)C1c1cccc([N+](=O)[O-])c1.Cl. The predicted molar refractivity (Wildman–Crippen MR) is 164 cm³/mol. The van der Waals surface area contributed by atoms with Crippen LogP contribution in [0.4, 0.5) is 18.9 Å². The van der Waals surface area contributed by atoms with Crippen molar-refractivity contribution >= 4 is 30.0 Å². The zero-order chi connectivity index (χ0) is 33.0. The molecular formula is C31H37ClF3N3O8. The van der Waals surface area contributed by atoms with Crippen molar-refractivity contribution in [2.45, 2.75) is 50.8 Å². The number of dihydropyridines is 1. The van der Waals surface area contributed by atoms with E-state index < -0.39 is 52.0 Å². The maximum absolute atomic E-state index is 14.0. The van der Waals surface area contributed by atoms with E-state index in [9.17, 15) is 38.0 Å². The minimum atomic E-state index is -5.03. The number of hydrogen-bond acceptors (Lipinski definition) is 10. The molecule has 3 rings (SSSR count). The topological polar surface area (TPSA) is 149 Å². The second kappa shape index (κ2) is 18.1. The number of aliphatic hydroxyl groups excluding tert-OH is 1. The summed E-state index contributed by atoms with van der Waals surface area (Å²) in [5, 5.41) is 26.7. The molecule has 0 saturated heterocycles. The van der Waals surface area contributed by atoms with Crippen LogP contribution in [0.2, 0.25) is 0 Å². The average Bonchev–Trinajstić information content (AvgIpc) is 3.02. The molecule has 1 heterocycles. The molecule has 2 atom stereocenters. The van der Waals surface area contributed by atoms with Crippen molar-refractivity contribution < 1.29 is 47.0 Å². The molecule has 46 heavy (non-hydrogen) atoms. The third-order valence-electron chi connectivity index (χ3n) is 6.93. The van der Waals surface area contributed by atoms with E-state index in [1.54, 1.807) is 12.1 Å². The Hall–Kier alpha value is -4.14. The normalized spacial score (nSPS) is 15.4. The van der Waals surface area contributed by atoms with Gasteiger partial charge in [-0.3, -0.25) is 10.1 Å². The summed E-state index contributed by atoms with van der Waals surface area (Å²) >= 11 is 0. The van der Waals surface area contributed by atoms with Gasteiger partial charge < -0.3 is 30.0 Å². The Bertz CT molecular complexity index is 1400. The van der Waals surface area contributed by atoms with Gasteiger partial charge in [0, 0.05) is 24.4 Å². The number of benzene rings is 2. The quantitative estimate of drug-likeness (QED) is 0.0952. The highest BCUT2D eigenvalue weighted by Crippen LogP contribution is 2.44. The number of para-hydroxylation sites is 1. The van der Waals surface area contributed by atoms with Gasteiger partial charge in [-0.15, -0.1) is 12.4 Å². The fourth-order valence-electron chi connectivity index (χ4n) is 4.79. The van der Waals surface area contributed by atoms with Gasteiger partial charge in [-0.25, -0.2) is 9.59 Å². The largest absolute Gasteiger partial charge is 0.491 e. The number of nitrogens with zero attached hydrogens (tertiary/aromatic N) is 1. The van der Waals surface area contributed by atoms with E-state index in [0.29, 0.717) is 31.7 Å². The Morgan fingerprint density at radius 1 is 1.04 bits per heavy atom. The highest BCUT2D eigenvalue weighted by molar-refractivity contribution is 6.00. The van der Waals surface area contributed by atoms with Gasteiger partial charge in [0.1, 0.15) is 24.2 Å². The number of ether oxygens (including phenoxy) is 3. The molecule has 0 radical (unpaired) electrons. The first-order valence-corrected chi connectivity index (χ1v) is 14.3. The van der Waals surface area contributed by atoms with Crippen LogP contribution in [0.5, 0.6) is 5.75 Å². The van der Waals surface area contributed by atoms with Crippen molar-refractivity contribution in [3.05, 3.63) is 92.8 Å². The molecule has 0 fully saturated rings. The van der Waals surface area contributed by atoms with Gasteiger partial charge in [0.25, 0.3) is 5.69 Å². The van der Waals surface area contributed by atoms with Gasteiger partial charge >= 0.3 is 18.1 Å². The van der Waals surface area contributed by atoms with Gasteiger partial charge in [-0.2, -0.15) is 13.2 Å². The lowest BCUT2D eigenvalue weighted by molar-refractivity contribution is -0.384. The van der Waals surface area contributed by atoms with E-state index in [2.05, 4.69) is 15.4 Å². The van der Waals surface area contributed by atoms with Crippen LogP contribution in [0.15, 0.2) is 77.1 Å². The molecule has 0 aliphatic carbocycles. The van der Waals surface area contributed by atoms with Gasteiger partial charge in [0.2, 0.25) is 0 Å². The number of methoxy groups -OCH3 is 1. The first-order valence-electron chi connectivity index (χ1n) is 14.3. The predicted octanol–water partition coefficient (Wildman–Crippen LogP) is 5.10. The summed E-state index contributed by atoms with van der Waals surface area (Å²) in [5.74, 6) is -3.28. The highest BCUT2D eigenvalue weighted by Gasteiger charge is 2.47. The molecule has 15 heteroatoms. The Morgan fingerprint density at radius 2 is 1.74 bits per heavy atom. The van der Waals surface area contributed by atoms with Crippen molar-refractivity contribution in [1.29, 1.82) is 0 Å². The number of hydrogen-bond donors (Lipinski definition) is 3. The number of esters is 2. The van der Waals surface area contributed by atoms with E-state index >= 15 is 0 Å². The lowest BCUT2D eigenvalue weighted by Crippen LogP contribution is -2.38. The average molecular weight is 672 g/mol. The molecule has 1 aliphatic rings. The molecule has 252 valence electrons. The van der Waals surface area contributed by atoms with E-state index in [-0.39, 0.29) is 42.5 Å². The van der Waals surface area contributed by atoms with Gasteiger partial charge in [-0.05, 0) is 44.0 Å². The lowest BCUT2D eigenvalue weighted by atomic mass is 9.80. The van der Waals surface area contributed by atoms with Crippen LogP contribution in [-0.2, 0) is 19.1 Å². The standard InChI is InChI=1S/C31H36F3N3O8.ClH/c1-20-25(30(40)44-16-9-4-3-8-15-35-18-23(38)19-45-24-13-6-5-7-14-24)26(21-11-10-12-22(17-21)37(41)42)27(29(39)43-2)28(36-20)31(32,33)34;/h5-7,10-14,17,23,26,35-36,38H,3-4,8-9,15-16,18-19H2,1-2H3;1H. The number of unbranched alkanes of at least 4 members (excludes halogenated alkanes) is 3. The van der Waals surface area contributed by atoms with E-state index in [1.807, 2.05) is 18.2 Å². The molecule has 0 amide bonds. The summed E-state index contributed by atoms with van der Waals surface area (Å²) in [6, 6.07) is 13.9. The summed E-state index contributed by atoms with van der Waals surface area (Å²) in [6.45, 7) is 2.36. The minimum Gasteiger partial charge on any atom is -0.491 e. The number of allylic oxidation sites excluding steroid dienone is 2. The summed E-state index contributed by atoms with van der Waals surface area (Å²) in [4.78, 5) is 36.6. The van der Waals surface area contributed by atoms with Crippen LogP contribution >= 0.6 is 12.4 Å². The zero-order valence-electron chi connectivity index (χ0n) is 25.3. The number of carbonyl (C=O) groups is 2. The number of carbonyl (C=O) groups excluding carboxylic acids is 2. The maximum Gasteiger partial charge on any atom is 0.431 e. The highest BCUT2D eigenvalue weighted by atomic mass is 35.5. The molecule has 0 saturated carbocycles. The van der Waals surface area contributed by atoms with Crippen LogP contribution < -0.4 is 15.4 Å². The summed E-state index contributed by atoms with van der Waals surface area (Å²) in [5.41, 5.74) is -3.35. The first-order chi connectivity index (χ1) is 21.4. The summed E-state index contributed by atoms with van der Waals surface area (Å²) < 4.78 is 57.6. The van der Waals surface area contributed by atoms with E-state index in [1.165, 1.54) is 19.1 Å². The molecule has 2 aromatic rings. The number of nitro benzene ring substituents is 1. The van der Waals surface area contributed by atoms with Gasteiger partial charge in [-0.1, -0.05) is 43.2 Å². The summed E-state index contributed by atoms with van der Waals surface area (Å²) in [7, 11) is 0.898. The zero-order valence-corrected chi connectivity index (χ0v) is 26.1. The van der Waals surface area contributed by atoms with E-state index in [0.717, 1.165) is 32.1 Å². The number of nitrogens with one attached hydrogen (secondary N) is 2. The lowest BCUT2D eigenvalue weighted by Gasteiger charge is -2.31. The molecule has 3 N–H and O–H groups in total. The number of alkyl halides is 3. The number of non-ortho nitro benzene ring substituents is 1. The molecule has 1 aliphatic heterocycles. The van der Waals surface area contributed by atoms with Gasteiger partial charge in [0.15, 0.2) is 0 Å². The first kappa shape index (κ1) is 38.0.